The van der Waals surface area contributed by atoms with Crippen LogP contribution in [0.3, 0.4) is 0 Å². The molecule has 142 valence electrons. The van der Waals surface area contributed by atoms with E-state index in [9.17, 15) is 9.59 Å². The number of carbonyl (C=O) groups is 2. The van der Waals surface area contributed by atoms with Gasteiger partial charge in [-0.25, -0.2) is 0 Å². The topological polar surface area (TPSA) is 49.4 Å². The zero-order valence-corrected chi connectivity index (χ0v) is 16.6. The molecule has 27 heavy (non-hydrogen) atoms. The summed E-state index contributed by atoms with van der Waals surface area (Å²) in [5, 5.41) is 3.56. The molecule has 0 saturated carbocycles. The summed E-state index contributed by atoms with van der Waals surface area (Å²) >= 11 is 6.17. The largest absolute Gasteiger partial charge is 0.326 e. The van der Waals surface area contributed by atoms with E-state index in [1.807, 2.05) is 43.3 Å². The Bertz CT molecular complexity index is 833. The summed E-state index contributed by atoms with van der Waals surface area (Å²) in [5.74, 6) is -0.535. The molecule has 1 fully saturated rings. The van der Waals surface area contributed by atoms with Crippen molar-refractivity contribution in [3.05, 3.63) is 58.6 Å². The highest BCUT2D eigenvalue weighted by atomic mass is 35.5. The second-order valence-corrected chi connectivity index (χ2v) is 7.54. The molecular weight excluding hydrogens is 360 g/mol. The molecule has 1 aliphatic heterocycles. The fourth-order valence-electron chi connectivity index (χ4n) is 3.26. The molecule has 2 amide bonds. The maximum atomic E-state index is 12.6. The molecule has 0 aromatic heterocycles. The third kappa shape index (κ3) is 4.69. The summed E-state index contributed by atoms with van der Waals surface area (Å²) in [6.45, 7) is 4.46. The van der Waals surface area contributed by atoms with Crippen molar-refractivity contribution in [3.8, 4) is 0 Å². The number of nitrogens with one attached hydrogen (secondary N) is 1. The van der Waals surface area contributed by atoms with Gasteiger partial charge < -0.3 is 10.2 Å². The van der Waals surface area contributed by atoms with Gasteiger partial charge in [0.1, 0.15) is 0 Å². The molecular formula is C22H25ClN2O2. The molecule has 5 heteroatoms. The van der Waals surface area contributed by atoms with Crippen LogP contribution in [0.5, 0.6) is 0 Å². The Balaban J connectivity index is 1.62. The maximum Gasteiger partial charge on any atom is 0.229 e. The highest BCUT2D eigenvalue weighted by molar-refractivity contribution is 6.31. The first kappa shape index (κ1) is 19.4. The molecule has 0 spiro atoms. The van der Waals surface area contributed by atoms with E-state index < -0.39 is 0 Å². The first-order valence-electron chi connectivity index (χ1n) is 9.44. The van der Waals surface area contributed by atoms with Gasteiger partial charge in [-0.1, -0.05) is 43.1 Å². The van der Waals surface area contributed by atoms with Crippen LogP contribution in [0.2, 0.25) is 5.02 Å². The predicted molar refractivity (Wildman–Crippen MR) is 110 cm³/mol. The van der Waals surface area contributed by atoms with Crippen molar-refractivity contribution in [2.24, 2.45) is 5.92 Å². The molecule has 1 N–H and O–H groups in total. The number of aryl methyl sites for hydroxylation is 2. The molecule has 1 saturated heterocycles. The van der Waals surface area contributed by atoms with Crippen molar-refractivity contribution in [2.45, 2.75) is 39.5 Å². The van der Waals surface area contributed by atoms with Crippen LogP contribution in [0.25, 0.3) is 0 Å². The minimum atomic E-state index is -0.364. The number of hydrogen-bond donors (Lipinski definition) is 1. The van der Waals surface area contributed by atoms with Gasteiger partial charge in [-0.2, -0.15) is 0 Å². The Morgan fingerprint density at radius 1 is 1.22 bits per heavy atom. The Morgan fingerprint density at radius 2 is 1.96 bits per heavy atom. The van der Waals surface area contributed by atoms with Crippen LogP contribution >= 0.6 is 11.6 Å². The van der Waals surface area contributed by atoms with Crippen molar-refractivity contribution in [3.63, 3.8) is 0 Å². The van der Waals surface area contributed by atoms with Gasteiger partial charge in [-0.05, 0) is 55.2 Å². The highest BCUT2D eigenvalue weighted by Gasteiger charge is 2.35. The Labute approximate surface area is 165 Å². The van der Waals surface area contributed by atoms with Gasteiger partial charge in [0.05, 0.1) is 5.92 Å². The van der Waals surface area contributed by atoms with Gasteiger partial charge in [0.15, 0.2) is 0 Å². The summed E-state index contributed by atoms with van der Waals surface area (Å²) in [6, 6.07) is 13.5. The van der Waals surface area contributed by atoms with Crippen molar-refractivity contribution >= 4 is 34.8 Å². The summed E-state index contributed by atoms with van der Waals surface area (Å²) in [6.07, 6.45) is 3.59. The second kappa shape index (κ2) is 8.57. The number of nitrogens with zero attached hydrogens (tertiary/aromatic N) is 1. The predicted octanol–water partition coefficient (Wildman–Crippen LogP) is 4.98. The first-order chi connectivity index (χ1) is 13.0. The lowest BCUT2D eigenvalue weighted by atomic mass is 10.1. The van der Waals surface area contributed by atoms with Crippen molar-refractivity contribution < 1.29 is 9.59 Å². The van der Waals surface area contributed by atoms with Gasteiger partial charge >= 0.3 is 0 Å². The van der Waals surface area contributed by atoms with Crippen LogP contribution in [0.15, 0.2) is 42.5 Å². The molecule has 1 aliphatic rings. The molecule has 2 aromatic rings. The third-order valence-corrected chi connectivity index (χ3v) is 5.41. The molecule has 3 rings (SSSR count). The Morgan fingerprint density at radius 3 is 2.63 bits per heavy atom. The summed E-state index contributed by atoms with van der Waals surface area (Å²) in [4.78, 5) is 26.6. The standard InChI is InChI=1S/C22H25ClN2O2/c1-3-4-5-16-7-9-18(10-8-16)24-22(27)17-12-21(26)25(14-17)19-11-6-15(2)20(23)13-19/h6-11,13,17H,3-5,12,14H2,1-2H3,(H,24,27). The number of halogens is 1. The number of benzene rings is 2. The van der Waals surface area contributed by atoms with Gasteiger partial charge in [-0.3, -0.25) is 9.59 Å². The molecule has 0 bridgehead atoms. The normalized spacial score (nSPS) is 16.6. The van der Waals surface area contributed by atoms with Crippen LogP contribution in [-0.2, 0) is 16.0 Å². The van der Waals surface area contributed by atoms with Crippen LogP contribution in [0, 0.1) is 12.8 Å². The molecule has 1 unspecified atom stereocenters. The third-order valence-electron chi connectivity index (χ3n) is 5.00. The summed E-state index contributed by atoms with van der Waals surface area (Å²) < 4.78 is 0. The maximum absolute atomic E-state index is 12.6. The van der Waals surface area contributed by atoms with Gasteiger partial charge in [0, 0.05) is 29.4 Å². The highest BCUT2D eigenvalue weighted by Crippen LogP contribution is 2.29. The molecule has 1 heterocycles. The van der Waals surface area contributed by atoms with E-state index in [-0.39, 0.29) is 24.2 Å². The van der Waals surface area contributed by atoms with Gasteiger partial charge in [0.25, 0.3) is 0 Å². The van der Waals surface area contributed by atoms with Gasteiger partial charge in [0.2, 0.25) is 11.8 Å². The lowest BCUT2D eigenvalue weighted by Gasteiger charge is -2.17. The van der Waals surface area contributed by atoms with Crippen molar-refractivity contribution in [1.82, 2.24) is 0 Å². The second-order valence-electron chi connectivity index (χ2n) is 7.13. The minimum absolute atomic E-state index is 0.0509. The van der Waals surface area contributed by atoms with Crippen molar-refractivity contribution in [2.75, 3.05) is 16.8 Å². The molecule has 0 aliphatic carbocycles. The lowest BCUT2D eigenvalue weighted by Crippen LogP contribution is -2.28. The molecule has 4 nitrogen and oxygen atoms in total. The van der Waals surface area contributed by atoms with Crippen LogP contribution in [-0.4, -0.2) is 18.4 Å². The smallest absolute Gasteiger partial charge is 0.229 e. The number of amides is 2. The Kier molecular flexibility index (Phi) is 6.17. The molecule has 2 aromatic carbocycles. The number of hydrogen-bond acceptors (Lipinski definition) is 2. The summed E-state index contributed by atoms with van der Waals surface area (Å²) in [5.41, 5.74) is 3.74. The van der Waals surface area contributed by atoms with Crippen LogP contribution < -0.4 is 10.2 Å². The monoisotopic (exact) mass is 384 g/mol. The van der Waals surface area contributed by atoms with E-state index in [0.29, 0.717) is 11.6 Å². The summed E-state index contributed by atoms with van der Waals surface area (Å²) in [7, 11) is 0. The van der Waals surface area contributed by atoms with Crippen molar-refractivity contribution in [1.29, 1.82) is 0 Å². The first-order valence-corrected chi connectivity index (χ1v) is 9.82. The van der Waals surface area contributed by atoms with E-state index in [1.54, 1.807) is 11.0 Å². The average Bonchev–Trinajstić information content (AvgIpc) is 3.05. The van der Waals surface area contributed by atoms with E-state index in [2.05, 4.69) is 12.2 Å². The van der Waals surface area contributed by atoms with Gasteiger partial charge in [-0.15, -0.1) is 0 Å². The zero-order chi connectivity index (χ0) is 19.4. The van der Waals surface area contributed by atoms with E-state index in [4.69, 9.17) is 11.6 Å². The number of carbonyl (C=O) groups excluding carboxylic acids is 2. The van der Waals surface area contributed by atoms with Crippen LogP contribution in [0.4, 0.5) is 11.4 Å². The average molecular weight is 385 g/mol. The fourth-order valence-corrected chi connectivity index (χ4v) is 3.44. The zero-order valence-electron chi connectivity index (χ0n) is 15.8. The molecule has 0 radical (unpaired) electrons. The Hall–Kier alpha value is -2.33. The van der Waals surface area contributed by atoms with Crippen LogP contribution in [0.1, 0.15) is 37.3 Å². The minimum Gasteiger partial charge on any atom is -0.326 e. The number of anilines is 2. The molecule has 1 atom stereocenters. The van der Waals surface area contributed by atoms with E-state index >= 15 is 0 Å². The van der Waals surface area contributed by atoms with E-state index in [0.717, 1.165) is 36.2 Å². The van der Waals surface area contributed by atoms with E-state index in [1.165, 1.54) is 5.56 Å². The lowest BCUT2D eigenvalue weighted by molar-refractivity contribution is -0.122. The fraction of sp³-hybridized carbons (Fsp3) is 0.364. The number of unbranched alkanes of at least 4 members (excludes halogenated alkanes) is 1. The number of rotatable bonds is 6. The SMILES string of the molecule is CCCCc1ccc(NC(=O)C2CC(=O)N(c3ccc(C)c(Cl)c3)C2)cc1. The quantitative estimate of drug-likeness (QED) is 0.763.